The highest BCUT2D eigenvalue weighted by Crippen LogP contribution is 2.32. The van der Waals surface area contributed by atoms with E-state index in [1.54, 1.807) is 0 Å². The lowest BCUT2D eigenvalue weighted by atomic mass is 10.2. The van der Waals surface area contributed by atoms with E-state index in [-0.39, 0.29) is 6.23 Å². The second-order valence-corrected chi connectivity index (χ2v) is 5.89. The van der Waals surface area contributed by atoms with Crippen molar-refractivity contribution in [2.75, 3.05) is 18.1 Å². The van der Waals surface area contributed by atoms with E-state index in [1.807, 2.05) is 6.07 Å². The van der Waals surface area contributed by atoms with Crippen molar-refractivity contribution in [1.82, 2.24) is 4.57 Å². The van der Waals surface area contributed by atoms with Gasteiger partial charge in [-0.2, -0.15) is 0 Å². The Morgan fingerprint density at radius 3 is 2.57 bits per heavy atom. The summed E-state index contributed by atoms with van der Waals surface area (Å²) in [6.07, 6.45) is 4.28. The number of anilines is 1. The van der Waals surface area contributed by atoms with Crippen LogP contribution >= 0.6 is 0 Å². The maximum Gasteiger partial charge on any atom is 0.158 e. The van der Waals surface area contributed by atoms with E-state index < -0.39 is 0 Å². The summed E-state index contributed by atoms with van der Waals surface area (Å²) < 4.78 is 8.17. The molecule has 1 aliphatic heterocycles. The fourth-order valence-electron chi connectivity index (χ4n) is 3.19. The summed E-state index contributed by atoms with van der Waals surface area (Å²) in [4.78, 5) is 2.32. The van der Waals surface area contributed by atoms with E-state index in [0.29, 0.717) is 0 Å². The second-order valence-electron chi connectivity index (χ2n) is 5.89. The summed E-state index contributed by atoms with van der Waals surface area (Å²) in [6, 6.07) is 21.0. The molecule has 3 heteroatoms. The van der Waals surface area contributed by atoms with Gasteiger partial charge in [0, 0.05) is 35.9 Å². The van der Waals surface area contributed by atoms with Crippen molar-refractivity contribution in [3.05, 3.63) is 84.2 Å². The minimum Gasteiger partial charge on any atom is -0.352 e. The van der Waals surface area contributed by atoms with Gasteiger partial charge in [-0.3, -0.25) is 0 Å². The van der Waals surface area contributed by atoms with Crippen molar-refractivity contribution in [2.45, 2.75) is 13.2 Å². The standard InChI is InChI=1S/C20H20N2O/c1-16-7-5-6-10-19(16)21-12-11-17(15-21)20-22(13-14-23-20)18-8-3-2-4-9-18/h2-12,15,20H,13-14H2,1H3/t20-/m1/s1. The van der Waals surface area contributed by atoms with Gasteiger partial charge >= 0.3 is 0 Å². The van der Waals surface area contributed by atoms with Gasteiger partial charge in [-0.25, -0.2) is 0 Å². The Hall–Kier alpha value is -2.52. The SMILES string of the molecule is Cc1ccccc1-n1ccc([C@H]2OCCN2c2ccccc2)c1. The third kappa shape index (κ3) is 2.64. The lowest BCUT2D eigenvalue weighted by molar-refractivity contribution is 0.114. The van der Waals surface area contributed by atoms with Crippen LogP contribution in [-0.4, -0.2) is 17.7 Å². The fourth-order valence-corrected chi connectivity index (χ4v) is 3.19. The Balaban J connectivity index is 1.65. The molecule has 0 spiro atoms. The first-order valence-electron chi connectivity index (χ1n) is 8.00. The third-order valence-corrected chi connectivity index (χ3v) is 4.37. The molecule has 1 atom stereocenters. The van der Waals surface area contributed by atoms with Gasteiger partial charge in [-0.05, 0) is 36.8 Å². The van der Waals surface area contributed by atoms with Gasteiger partial charge in [-0.1, -0.05) is 36.4 Å². The van der Waals surface area contributed by atoms with E-state index in [0.717, 1.165) is 13.2 Å². The lowest BCUT2D eigenvalue weighted by Crippen LogP contribution is -2.22. The summed E-state index contributed by atoms with van der Waals surface area (Å²) >= 11 is 0. The Kier molecular flexibility index (Phi) is 3.64. The predicted molar refractivity (Wildman–Crippen MR) is 93.0 cm³/mol. The van der Waals surface area contributed by atoms with Crippen LogP contribution in [0.15, 0.2) is 73.1 Å². The Morgan fingerprint density at radius 2 is 1.74 bits per heavy atom. The summed E-state index contributed by atoms with van der Waals surface area (Å²) in [7, 11) is 0. The van der Waals surface area contributed by atoms with Crippen molar-refractivity contribution >= 4 is 5.69 Å². The molecule has 2 heterocycles. The van der Waals surface area contributed by atoms with Crippen LogP contribution in [0.1, 0.15) is 17.4 Å². The van der Waals surface area contributed by atoms with E-state index in [2.05, 4.69) is 83.4 Å². The highest BCUT2D eigenvalue weighted by molar-refractivity contribution is 5.49. The average molecular weight is 304 g/mol. The number of rotatable bonds is 3. The van der Waals surface area contributed by atoms with Crippen LogP contribution in [0.4, 0.5) is 5.69 Å². The number of ether oxygens (including phenoxy) is 1. The monoisotopic (exact) mass is 304 g/mol. The van der Waals surface area contributed by atoms with Crippen molar-refractivity contribution in [1.29, 1.82) is 0 Å². The fraction of sp³-hybridized carbons (Fsp3) is 0.200. The third-order valence-electron chi connectivity index (χ3n) is 4.37. The molecule has 2 aromatic carbocycles. The molecule has 1 aliphatic rings. The summed E-state index contributed by atoms with van der Waals surface area (Å²) in [5.74, 6) is 0. The molecule has 4 rings (SSSR count). The quantitative estimate of drug-likeness (QED) is 0.717. The van der Waals surface area contributed by atoms with Crippen LogP contribution in [0, 0.1) is 6.92 Å². The van der Waals surface area contributed by atoms with Gasteiger partial charge < -0.3 is 14.2 Å². The predicted octanol–water partition coefficient (Wildman–Crippen LogP) is 4.32. The number of nitrogens with zero attached hydrogens (tertiary/aromatic N) is 2. The maximum atomic E-state index is 6.00. The number of para-hydroxylation sites is 2. The first-order chi connectivity index (χ1) is 11.3. The highest BCUT2D eigenvalue weighted by Gasteiger charge is 2.27. The Bertz CT molecular complexity index is 794. The van der Waals surface area contributed by atoms with Gasteiger partial charge in [0.2, 0.25) is 0 Å². The molecule has 1 fully saturated rings. The average Bonchev–Trinajstić information content (AvgIpc) is 3.25. The van der Waals surface area contributed by atoms with Gasteiger partial charge in [-0.15, -0.1) is 0 Å². The minimum atomic E-state index is -0.0114. The first kappa shape index (κ1) is 14.1. The normalized spacial score (nSPS) is 17.6. The summed E-state index contributed by atoms with van der Waals surface area (Å²) in [5, 5.41) is 0. The molecular formula is C20H20N2O. The molecule has 0 unspecified atom stereocenters. The van der Waals surface area contributed by atoms with Crippen molar-refractivity contribution in [3.63, 3.8) is 0 Å². The molecule has 1 aromatic heterocycles. The Morgan fingerprint density at radius 1 is 0.957 bits per heavy atom. The second kappa shape index (κ2) is 5.94. The van der Waals surface area contributed by atoms with E-state index in [9.17, 15) is 0 Å². The molecule has 0 N–H and O–H groups in total. The molecule has 116 valence electrons. The van der Waals surface area contributed by atoms with Crippen LogP contribution in [0.3, 0.4) is 0 Å². The van der Waals surface area contributed by atoms with Crippen molar-refractivity contribution < 1.29 is 4.74 Å². The largest absolute Gasteiger partial charge is 0.352 e. The number of hydrogen-bond acceptors (Lipinski definition) is 2. The first-order valence-corrected chi connectivity index (χ1v) is 8.00. The van der Waals surface area contributed by atoms with Gasteiger partial charge in [0.25, 0.3) is 0 Å². The van der Waals surface area contributed by atoms with Crippen LogP contribution in [0.5, 0.6) is 0 Å². The van der Waals surface area contributed by atoms with Gasteiger partial charge in [0.15, 0.2) is 6.23 Å². The molecule has 0 radical (unpaired) electrons. The van der Waals surface area contributed by atoms with Crippen LogP contribution in [0.25, 0.3) is 5.69 Å². The molecule has 0 aliphatic carbocycles. The molecule has 23 heavy (non-hydrogen) atoms. The summed E-state index contributed by atoms with van der Waals surface area (Å²) in [6.45, 7) is 3.82. The van der Waals surface area contributed by atoms with E-state index in [4.69, 9.17) is 4.74 Å². The zero-order valence-corrected chi connectivity index (χ0v) is 13.2. The molecular weight excluding hydrogens is 284 g/mol. The van der Waals surface area contributed by atoms with Gasteiger partial charge in [0.1, 0.15) is 0 Å². The number of aryl methyl sites for hydroxylation is 1. The maximum absolute atomic E-state index is 6.00. The molecule has 3 nitrogen and oxygen atoms in total. The smallest absolute Gasteiger partial charge is 0.158 e. The topological polar surface area (TPSA) is 17.4 Å². The zero-order valence-electron chi connectivity index (χ0n) is 13.2. The molecule has 3 aromatic rings. The number of hydrogen-bond donors (Lipinski definition) is 0. The summed E-state index contributed by atoms with van der Waals surface area (Å²) in [5.41, 5.74) is 4.87. The minimum absolute atomic E-state index is 0.0114. The molecule has 1 saturated heterocycles. The van der Waals surface area contributed by atoms with Crippen molar-refractivity contribution in [2.24, 2.45) is 0 Å². The molecule has 0 saturated carbocycles. The van der Waals surface area contributed by atoms with Gasteiger partial charge in [0.05, 0.1) is 6.61 Å². The molecule has 0 amide bonds. The van der Waals surface area contributed by atoms with Crippen molar-refractivity contribution in [3.8, 4) is 5.69 Å². The number of benzene rings is 2. The van der Waals surface area contributed by atoms with Crippen LogP contribution in [-0.2, 0) is 4.74 Å². The van der Waals surface area contributed by atoms with Crippen LogP contribution < -0.4 is 4.90 Å². The van der Waals surface area contributed by atoms with E-state index in [1.165, 1.54) is 22.5 Å². The van der Waals surface area contributed by atoms with Crippen LogP contribution in [0.2, 0.25) is 0 Å². The van der Waals surface area contributed by atoms with E-state index >= 15 is 0 Å². The zero-order chi connectivity index (χ0) is 15.6. The Labute approximate surface area is 136 Å². The highest BCUT2D eigenvalue weighted by atomic mass is 16.5. The number of aromatic nitrogens is 1. The molecule has 0 bridgehead atoms. The lowest BCUT2D eigenvalue weighted by Gasteiger charge is -2.24.